The van der Waals surface area contributed by atoms with Crippen molar-refractivity contribution in [2.75, 3.05) is 0 Å². The van der Waals surface area contributed by atoms with Gasteiger partial charge in [-0.05, 0) is 25.7 Å². The fourth-order valence-corrected chi connectivity index (χ4v) is 2.29. The topological polar surface area (TPSA) is 135 Å². The van der Waals surface area contributed by atoms with Crippen LogP contribution in [0.2, 0.25) is 0 Å². The van der Waals surface area contributed by atoms with Gasteiger partial charge in [-0.15, -0.1) is 0 Å². The Morgan fingerprint density at radius 2 is 2.05 bits per heavy atom. The van der Waals surface area contributed by atoms with Crippen LogP contribution in [0.5, 0.6) is 0 Å². The van der Waals surface area contributed by atoms with Crippen LogP contribution >= 0.6 is 0 Å². The van der Waals surface area contributed by atoms with Crippen molar-refractivity contribution < 1.29 is 19.8 Å². The van der Waals surface area contributed by atoms with Gasteiger partial charge in [0.15, 0.2) is 0 Å². The van der Waals surface area contributed by atoms with Crippen molar-refractivity contribution in [3.05, 3.63) is 0 Å². The molecule has 8 heteroatoms. The second-order valence-electron chi connectivity index (χ2n) is 4.83. The van der Waals surface area contributed by atoms with Crippen LogP contribution in [0.15, 0.2) is 5.10 Å². The average molecular weight is 268 g/mol. The molecule has 1 aliphatic carbocycles. The van der Waals surface area contributed by atoms with E-state index < -0.39 is 17.5 Å². The number of hydrogen-bond donors (Lipinski definition) is 5. The average Bonchev–Trinajstić information content (AvgIpc) is 2.73. The van der Waals surface area contributed by atoms with Crippen molar-refractivity contribution in [3.63, 3.8) is 0 Å². The third-order valence-corrected chi connectivity index (χ3v) is 3.53. The third-order valence-electron chi connectivity index (χ3n) is 3.53. The molecule has 0 aromatic rings. The first kappa shape index (κ1) is 13.5. The molecule has 0 radical (unpaired) electrons. The van der Waals surface area contributed by atoms with Crippen LogP contribution < -0.4 is 10.7 Å². The number of nitrogens with one attached hydrogen (secondary N) is 3. The van der Waals surface area contributed by atoms with Gasteiger partial charge in [0.25, 0.3) is 5.66 Å². The summed E-state index contributed by atoms with van der Waals surface area (Å²) in [6, 6.07) is 0. The van der Waals surface area contributed by atoms with E-state index in [2.05, 4.69) is 15.8 Å². The van der Waals surface area contributed by atoms with Crippen molar-refractivity contribution in [1.29, 1.82) is 5.41 Å². The second-order valence-corrected chi connectivity index (χ2v) is 4.83. The summed E-state index contributed by atoms with van der Waals surface area (Å²) in [5.41, 5.74) is -0.0186. The molecule has 1 aliphatic heterocycles. The van der Waals surface area contributed by atoms with E-state index in [4.69, 9.17) is 5.41 Å². The molecule has 1 saturated carbocycles. The number of amides is 1. The Kier molecular flexibility index (Phi) is 3.52. The molecule has 0 bridgehead atoms. The summed E-state index contributed by atoms with van der Waals surface area (Å²) >= 11 is 0. The minimum atomic E-state index is -1.97. The predicted molar refractivity (Wildman–Crippen MR) is 65.8 cm³/mol. The Morgan fingerprint density at radius 3 is 2.53 bits per heavy atom. The molecule has 1 unspecified atom stereocenters. The Morgan fingerprint density at radius 1 is 1.42 bits per heavy atom. The molecule has 0 saturated heterocycles. The van der Waals surface area contributed by atoms with Crippen molar-refractivity contribution >= 4 is 23.8 Å². The quantitative estimate of drug-likeness (QED) is 0.449. The van der Waals surface area contributed by atoms with E-state index in [-0.39, 0.29) is 17.7 Å². The number of rotatable bonds is 3. The van der Waals surface area contributed by atoms with Gasteiger partial charge in [-0.1, -0.05) is 0 Å². The van der Waals surface area contributed by atoms with Crippen LogP contribution in [-0.4, -0.2) is 45.8 Å². The molecule has 1 amide bonds. The fourth-order valence-electron chi connectivity index (χ4n) is 2.29. The maximum absolute atomic E-state index is 12.1. The van der Waals surface area contributed by atoms with Crippen molar-refractivity contribution in [3.8, 4) is 0 Å². The Labute approximate surface area is 109 Å². The Bertz CT molecular complexity index is 442. The zero-order valence-electron chi connectivity index (χ0n) is 10.2. The van der Waals surface area contributed by atoms with Gasteiger partial charge in [0.2, 0.25) is 5.91 Å². The van der Waals surface area contributed by atoms with Crippen LogP contribution in [-0.2, 0) is 9.59 Å². The molecule has 19 heavy (non-hydrogen) atoms. The molecular weight excluding hydrogens is 252 g/mol. The summed E-state index contributed by atoms with van der Waals surface area (Å²) in [5.74, 6) is -2.15. The summed E-state index contributed by atoms with van der Waals surface area (Å²) in [6.45, 7) is 0. The smallest absolute Gasteiger partial charge is 0.358 e. The number of hydrazone groups is 1. The third kappa shape index (κ3) is 2.43. The molecule has 0 spiro atoms. The SMILES string of the molecule is N=C1C=NNC1(NC(=O)C1CCC(O)CC1)C(=O)O. The molecule has 1 heterocycles. The lowest BCUT2D eigenvalue weighted by Gasteiger charge is -2.30. The van der Waals surface area contributed by atoms with Crippen molar-refractivity contribution in [2.24, 2.45) is 11.0 Å². The predicted octanol–water partition coefficient (Wildman–Crippen LogP) is -0.957. The zero-order chi connectivity index (χ0) is 14.0. The van der Waals surface area contributed by atoms with E-state index in [1.54, 1.807) is 0 Å². The van der Waals surface area contributed by atoms with Gasteiger partial charge in [0.1, 0.15) is 5.71 Å². The molecule has 0 aromatic carbocycles. The fraction of sp³-hybridized carbons (Fsp3) is 0.636. The lowest BCUT2D eigenvalue weighted by Crippen LogP contribution is -2.66. The number of carbonyl (C=O) groups excluding carboxylic acids is 1. The molecule has 1 atom stereocenters. The molecule has 5 N–H and O–H groups in total. The highest BCUT2D eigenvalue weighted by atomic mass is 16.4. The summed E-state index contributed by atoms with van der Waals surface area (Å²) in [6.07, 6.45) is 2.75. The largest absolute Gasteiger partial charge is 0.478 e. The van der Waals surface area contributed by atoms with Gasteiger partial charge >= 0.3 is 5.97 Å². The molecule has 104 valence electrons. The highest BCUT2D eigenvalue weighted by molar-refractivity contribution is 6.40. The standard InChI is InChI=1S/C11H16N4O4/c12-8-5-13-15-11(8,10(18)19)14-9(17)6-1-3-7(16)4-2-6/h5-7,12,15-16H,1-4H2,(H,14,17)(H,18,19). The first-order chi connectivity index (χ1) is 8.95. The van der Waals surface area contributed by atoms with E-state index >= 15 is 0 Å². The van der Waals surface area contributed by atoms with Crippen LogP contribution in [0.25, 0.3) is 0 Å². The zero-order valence-corrected chi connectivity index (χ0v) is 10.2. The maximum atomic E-state index is 12.1. The Balaban J connectivity index is 2.04. The molecule has 0 aromatic heterocycles. The van der Waals surface area contributed by atoms with E-state index in [9.17, 15) is 19.8 Å². The number of hydrogen-bond acceptors (Lipinski definition) is 6. The number of aliphatic hydroxyl groups excluding tert-OH is 1. The van der Waals surface area contributed by atoms with E-state index in [0.717, 1.165) is 6.21 Å². The van der Waals surface area contributed by atoms with Crippen LogP contribution in [0.4, 0.5) is 0 Å². The summed E-state index contributed by atoms with van der Waals surface area (Å²) in [4.78, 5) is 23.3. The first-order valence-electron chi connectivity index (χ1n) is 6.08. The van der Waals surface area contributed by atoms with Crippen molar-refractivity contribution in [2.45, 2.75) is 37.5 Å². The summed E-state index contributed by atoms with van der Waals surface area (Å²) in [5, 5.41) is 32.0. The summed E-state index contributed by atoms with van der Waals surface area (Å²) < 4.78 is 0. The van der Waals surface area contributed by atoms with E-state index in [0.29, 0.717) is 25.7 Å². The van der Waals surface area contributed by atoms with Gasteiger partial charge in [-0.2, -0.15) is 5.10 Å². The highest BCUT2D eigenvalue weighted by Crippen LogP contribution is 2.25. The van der Waals surface area contributed by atoms with Gasteiger partial charge in [0, 0.05) is 5.92 Å². The normalized spacial score (nSPS) is 33.8. The lowest BCUT2D eigenvalue weighted by molar-refractivity contribution is -0.146. The number of carboxylic acids is 1. The second kappa shape index (κ2) is 4.96. The minimum Gasteiger partial charge on any atom is -0.478 e. The molecule has 1 fully saturated rings. The van der Waals surface area contributed by atoms with Crippen LogP contribution in [0.3, 0.4) is 0 Å². The minimum absolute atomic E-state index is 0.316. The lowest BCUT2D eigenvalue weighted by atomic mass is 9.86. The van der Waals surface area contributed by atoms with Gasteiger partial charge in [-0.3, -0.25) is 15.6 Å². The van der Waals surface area contributed by atoms with Gasteiger partial charge < -0.3 is 15.5 Å². The molecule has 2 aliphatic rings. The molecule has 8 nitrogen and oxygen atoms in total. The summed E-state index contributed by atoms with van der Waals surface area (Å²) in [7, 11) is 0. The maximum Gasteiger partial charge on any atom is 0.358 e. The number of aliphatic hydroxyl groups is 1. The van der Waals surface area contributed by atoms with E-state index in [1.807, 2.05) is 0 Å². The number of carbonyl (C=O) groups is 2. The molecular formula is C11H16N4O4. The number of carboxylic acid groups (broad SMARTS) is 1. The van der Waals surface area contributed by atoms with Crippen LogP contribution in [0, 0.1) is 11.3 Å². The van der Waals surface area contributed by atoms with Gasteiger partial charge in [-0.25, -0.2) is 4.79 Å². The first-order valence-corrected chi connectivity index (χ1v) is 6.08. The van der Waals surface area contributed by atoms with Crippen LogP contribution in [0.1, 0.15) is 25.7 Å². The molecule has 2 rings (SSSR count). The monoisotopic (exact) mass is 268 g/mol. The van der Waals surface area contributed by atoms with Crippen molar-refractivity contribution in [1.82, 2.24) is 10.7 Å². The highest BCUT2D eigenvalue weighted by Gasteiger charge is 2.48. The van der Waals surface area contributed by atoms with Gasteiger partial charge in [0.05, 0.1) is 12.3 Å². The van der Waals surface area contributed by atoms with E-state index in [1.165, 1.54) is 0 Å². The number of nitrogens with zero attached hydrogens (tertiary/aromatic N) is 1. The number of aliphatic carboxylic acids is 1. The Hall–Kier alpha value is -1.96.